The van der Waals surface area contributed by atoms with Crippen molar-refractivity contribution in [1.29, 1.82) is 0 Å². The van der Waals surface area contributed by atoms with Gasteiger partial charge in [-0.05, 0) is 60.5 Å². The van der Waals surface area contributed by atoms with E-state index in [1.54, 1.807) is 6.07 Å². The zero-order valence-corrected chi connectivity index (χ0v) is 15.9. The highest BCUT2D eigenvalue weighted by atomic mass is 79.9. The second-order valence-electron chi connectivity index (χ2n) is 6.03. The Morgan fingerprint density at radius 2 is 2.00 bits per heavy atom. The van der Waals surface area contributed by atoms with Crippen LogP contribution in [0.1, 0.15) is 16.8 Å². The van der Waals surface area contributed by atoms with Gasteiger partial charge < -0.3 is 15.2 Å². The molecular weight excluding hydrogens is 397 g/mol. The van der Waals surface area contributed by atoms with E-state index in [0.29, 0.717) is 13.1 Å². The summed E-state index contributed by atoms with van der Waals surface area (Å²) in [4.78, 5) is 12.1. The molecule has 4 nitrogen and oxygen atoms in total. The molecule has 134 valence electrons. The summed E-state index contributed by atoms with van der Waals surface area (Å²) in [6, 6.07) is 15.7. The Bertz CT molecular complexity index is 923. The molecule has 0 aliphatic heterocycles. The molecule has 0 spiro atoms. The van der Waals surface area contributed by atoms with Crippen LogP contribution in [0, 0.1) is 12.7 Å². The van der Waals surface area contributed by atoms with Crippen LogP contribution >= 0.6 is 15.9 Å². The lowest BCUT2D eigenvalue weighted by atomic mass is 10.2. The third kappa shape index (κ3) is 4.73. The molecule has 0 aliphatic rings. The molecule has 0 unspecified atom stereocenters. The van der Waals surface area contributed by atoms with Gasteiger partial charge in [0.25, 0.3) is 0 Å². The number of hydrogen-bond acceptors (Lipinski definition) is 1. The number of urea groups is 1. The van der Waals surface area contributed by atoms with Crippen molar-refractivity contribution in [2.75, 3.05) is 5.32 Å². The van der Waals surface area contributed by atoms with Gasteiger partial charge in [0.05, 0.1) is 6.54 Å². The van der Waals surface area contributed by atoms with Crippen molar-refractivity contribution in [3.63, 3.8) is 0 Å². The molecule has 3 rings (SSSR count). The molecule has 0 bridgehead atoms. The van der Waals surface area contributed by atoms with Gasteiger partial charge in [-0.1, -0.05) is 28.1 Å². The average Bonchev–Trinajstić information content (AvgIpc) is 3.03. The fraction of sp³-hybridized carbons (Fsp3) is 0.150. The Hall–Kier alpha value is -2.60. The molecule has 1 heterocycles. The number of benzene rings is 2. The molecule has 0 saturated heterocycles. The van der Waals surface area contributed by atoms with E-state index in [2.05, 4.69) is 26.6 Å². The predicted octanol–water partition coefficient (Wildman–Crippen LogP) is 5.07. The van der Waals surface area contributed by atoms with E-state index in [1.165, 1.54) is 12.1 Å². The maximum atomic E-state index is 13.3. The summed E-state index contributed by atoms with van der Waals surface area (Å²) in [7, 11) is 0. The Kier molecular flexibility index (Phi) is 5.73. The number of nitrogens with zero attached hydrogens (tertiary/aromatic N) is 1. The van der Waals surface area contributed by atoms with E-state index >= 15 is 0 Å². The minimum Gasteiger partial charge on any atom is -0.345 e. The van der Waals surface area contributed by atoms with Crippen LogP contribution in [0.3, 0.4) is 0 Å². The molecule has 2 aromatic carbocycles. The number of aryl methyl sites for hydroxylation is 1. The largest absolute Gasteiger partial charge is 0.345 e. The van der Waals surface area contributed by atoms with Gasteiger partial charge in [-0.25, -0.2) is 9.18 Å². The van der Waals surface area contributed by atoms with Crippen molar-refractivity contribution >= 4 is 27.6 Å². The average molecular weight is 416 g/mol. The summed E-state index contributed by atoms with van der Waals surface area (Å²) in [6.07, 6.45) is 1.91. The van der Waals surface area contributed by atoms with E-state index in [9.17, 15) is 9.18 Å². The van der Waals surface area contributed by atoms with Crippen LogP contribution in [0.25, 0.3) is 0 Å². The number of carbonyl (C=O) groups excluding carboxylic acids is 1. The highest BCUT2D eigenvalue weighted by molar-refractivity contribution is 9.10. The molecule has 0 fully saturated rings. The first-order chi connectivity index (χ1) is 12.5. The second kappa shape index (κ2) is 8.19. The summed E-state index contributed by atoms with van der Waals surface area (Å²) in [5.41, 5.74) is 3.60. The standard InChI is InChI=1S/C20H19BrFN3O/c1-14-10-17(7-8-19(14)21)24-20(26)23-12-18-6-3-9-25(18)13-15-4-2-5-16(22)11-15/h2-11H,12-13H2,1H3,(H2,23,24,26). The van der Waals surface area contributed by atoms with Crippen LogP contribution in [0.15, 0.2) is 65.3 Å². The number of nitrogens with one attached hydrogen (secondary N) is 2. The normalized spacial score (nSPS) is 10.6. The number of anilines is 1. The number of amides is 2. The third-order valence-electron chi connectivity index (χ3n) is 4.01. The number of halogens is 2. The minimum atomic E-state index is -0.273. The van der Waals surface area contributed by atoms with Gasteiger partial charge in [-0.3, -0.25) is 0 Å². The Balaban J connectivity index is 1.59. The Labute approximate surface area is 160 Å². The highest BCUT2D eigenvalue weighted by Gasteiger charge is 2.07. The smallest absolute Gasteiger partial charge is 0.319 e. The van der Waals surface area contributed by atoms with Gasteiger partial charge in [-0.15, -0.1) is 0 Å². The summed E-state index contributed by atoms with van der Waals surface area (Å²) in [5.74, 6) is -0.251. The quantitative estimate of drug-likeness (QED) is 0.600. The molecule has 26 heavy (non-hydrogen) atoms. The van der Waals surface area contributed by atoms with Gasteiger partial charge in [0, 0.05) is 28.6 Å². The van der Waals surface area contributed by atoms with E-state index in [4.69, 9.17) is 0 Å². The molecule has 3 aromatic rings. The molecule has 6 heteroatoms. The van der Waals surface area contributed by atoms with Gasteiger partial charge in [-0.2, -0.15) is 0 Å². The maximum absolute atomic E-state index is 13.3. The van der Waals surface area contributed by atoms with Crippen molar-refractivity contribution in [2.45, 2.75) is 20.0 Å². The third-order valence-corrected chi connectivity index (χ3v) is 4.90. The van der Waals surface area contributed by atoms with Crippen molar-refractivity contribution in [2.24, 2.45) is 0 Å². The molecule has 1 aromatic heterocycles. The first-order valence-corrected chi connectivity index (χ1v) is 9.00. The topological polar surface area (TPSA) is 46.1 Å². The fourth-order valence-electron chi connectivity index (χ4n) is 2.66. The van der Waals surface area contributed by atoms with Gasteiger partial charge in [0.15, 0.2) is 0 Å². The van der Waals surface area contributed by atoms with Gasteiger partial charge in [0.2, 0.25) is 0 Å². The molecular formula is C20H19BrFN3O. The van der Waals surface area contributed by atoms with Crippen LogP contribution in [-0.2, 0) is 13.1 Å². The fourth-order valence-corrected chi connectivity index (χ4v) is 2.91. The van der Waals surface area contributed by atoms with E-state index in [0.717, 1.165) is 27.0 Å². The zero-order valence-electron chi connectivity index (χ0n) is 14.3. The molecule has 0 radical (unpaired) electrons. The molecule has 2 amide bonds. The summed E-state index contributed by atoms with van der Waals surface area (Å²) >= 11 is 3.44. The van der Waals surface area contributed by atoms with Crippen molar-refractivity contribution in [1.82, 2.24) is 9.88 Å². The monoisotopic (exact) mass is 415 g/mol. The Morgan fingerprint density at radius 3 is 2.77 bits per heavy atom. The summed E-state index contributed by atoms with van der Waals surface area (Å²) < 4.78 is 16.3. The van der Waals surface area contributed by atoms with Crippen LogP contribution in [0.2, 0.25) is 0 Å². The lowest BCUT2D eigenvalue weighted by Crippen LogP contribution is -2.29. The predicted molar refractivity (Wildman–Crippen MR) is 105 cm³/mol. The lowest BCUT2D eigenvalue weighted by molar-refractivity contribution is 0.251. The second-order valence-corrected chi connectivity index (χ2v) is 6.88. The first-order valence-electron chi connectivity index (χ1n) is 8.21. The SMILES string of the molecule is Cc1cc(NC(=O)NCc2cccn2Cc2cccc(F)c2)ccc1Br. The van der Waals surface area contributed by atoms with E-state index in [-0.39, 0.29) is 11.8 Å². The number of carbonyl (C=O) groups is 1. The Morgan fingerprint density at radius 1 is 1.15 bits per heavy atom. The molecule has 0 saturated carbocycles. The van der Waals surface area contributed by atoms with Crippen LogP contribution in [0.4, 0.5) is 14.9 Å². The zero-order chi connectivity index (χ0) is 18.5. The molecule has 0 atom stereocenters. The van der Waals surface area contributed by atoms with Crippen molar-refractivity contribution < 1.29 is 9.18 Å². The van der Waals surface area contributed by atoms with Gasteiger partial charge in [0.1, 0.15) is 5.82 Å². The number of aromatic nitrogens is 1. The van der Waals surface area contributed by atoms with Crippen molar-refractivity contribution in [3.8, 4) is 0 Å². The van der Waals surface area contributed by atoms with Crippen molar-refractivity contribution in [3.05, 3.63) is 87.9 Å². The van der Waals surface area contributed by atoms with Crippen LogP contribution in [0.5, 0.6) is 0 Å². The summed E-state index contributed by atoms with van der Waals surface area (Å²) in [5, 5.41) is 5.67. The maximum Gasteiger partial charge on any atom is 0.319 e. The van der Waals surface area contributed by atoms with Crippen LogP contribution in [-0.4, -0.2) is 10.6 Å². The van der Waals surface area contributed by atoms with E-state index < -0.39 is 0 Å². The molecule has 2 N–H and O–H groups in total. The number of hydrogen-bond donors (Lipinski definition) is 2. The summed E-state index contributed by atoms with van der Waals surface area (Å²) in [6.45, 7) is 2.89. The first kappa shape index (κ1) is 18.2. The minimum absolute atomic E-state index is 0.251. The lowest BCUT2D eigenvalue weighted by Gasteiger charge is -2.12. The van der Waals surface area contributed by atoms with Gasteiger partial charge >= 0.3 is 6.03 Å². The number of rotatable bonds is 5. The van der Waals surface area contributed by atoms with E-state index in [1.807, 2.05) is 54.1 Å². The molecule has 0 aliphatic carbocycles. The van der Waals surface area contributed by atoms with Crippen LogP contribution < -0.4 is 10.6 Å². The highest BCUT2D eigenvalue weighted by Crippen LogP contribution is 2.19.